The second-order valence-electron chi connectivity index (χ2n) is 5.08. The third-order valence-corrected chi connectivity index (χ3v) is 4.38. The number of halogens is 4. The quantitative estimate of drug-likeness (QED) is 0.721. The number of hydrogen-bond acceptors (Lipinski definition) is 3. The van der Waals surface area contributed by atoms with Gasteiger partial charge in [0.2, 0.25) is 0 Å². The van der Waals surface area contributed by atoms with E-state index < -0.39 is 11.7 Å². The van der Waals surface area contributed by atoms with Crippen LogP contribution in [0.25, 0.3) is 6.08 Å². The van der Waals surface area contributed by atoms with E-state index in [9.17, 15) is 18.0 Å². The van der Waals surface area contributed by atoms with Crippen molar-refractivity contribution in [2.24, 2.45) is 4.99 Å². The summed E-state index contributed by atoms with van der Waals surface area (Å²) in [6.45, 7) is 0. The minimum Gasteiger partial charge on any atom is -0.300 e. The topological polar surface area (TPSA) is 41.5 Å². The van der Waals surface area contributed by atoms with Gasteiger partial charge >= 0.3 is 6.18 Å². The van der Waals surface area contributed by atoms with Crippen molar-refractivity contribution in [3.05, 3.63) is 69.6 Å². The van der Waals surface area contributed by atoms with E-state index >= 15 is 0 Å². The first-order valence-corrected chi connectivity index (χ1v) is 8.23. The second-order valence-corrected chi connectivity index (χ2v) is 6.55. The van der Waals surface area contributed by atoms with E-state index in [2.05, 4.69) is 10.3 Å². The van der Waals surface area contributed by atoms with Gasteiger partial charge < -0.3 is 5.32 Å². The number of nitrogens with one attached hydrogen (secondary N) is 1. The molecular weight excluding hydrogens is 373 g/mol. The first-order chi connectivity index (χ1) is 11.8. The molecule has 1 fully saturated rings. The van der Waals surface area contributed by atoms with Crippen LogP contribution in [0.4, 0.5) is 18.9 Å². The van der Waals surface area contributed by atoms with Crippen molar-refractivity contribution in [1.82, 2.24) is 5.32 Å². The number of benzene rings is 2. The summed E-state index contributed by atoms with van der Waals surface area (Å²) in [6.07, 6.45) is -2.78. The predicted octanol–water partition coefficient (Wildman–Crippen LogP) is 5.25. The molecule has 1 aliphatic rings. The average Bonchev–Trinajstić information content (AvgIpc) is 2.88. The van der Waals surface area contributed by atoms with E-state index in [1.165, 1.54) is 12.1 Å². The molecule has 0 unspecified atom stereocenters. The number of carbonyl (C=O) groups is 1. The van der Waals surface area contributed by atoms with Crippen LogP contribution in [-0.4, -0.2) is 11.1 Å². The summed E-state index contributed by atoms with van der Waals surface area (Å²) < 4.78 is 38.2. The Morgan fingerprint density at radius 3 is 2.52 bits per heavy atom. The van der Waals surface area contributed by atoms with Crippen LogP contribution in [0.3, 0.4) is 0 Å². The number of rotatable bonds is 2. The Morgan fingerprint density at radius 1 is 1.12 bits per heavy atom. The lowest BCUT2D eigenvalue weighted by Crippen LogP contribution is -2.19. The van der Waals surface area contributed by atoms with Gasteiger partial charge in [0, 0.05) is 5.02 Å². The van der Waals surface area contributed by atoms with Gasteiger partial charge in [-0.3, -0.25) is 4.79 Å². The van der Waals surface area contributed by atoms with Crippen LogP contribution >= 0.6 is 23.4 Å². The zero-order valence-corrected chi connectivity index (χ0v) is 14.0. The Labute approximate surface area is 150 Å². The standard InChI is InChI=1S/C17H10ClF3N2OS/c18-12-6-4-10(5-7-12)8-14-15(24)23-16(25-14)22-13-3-1-2-11(9-13)17(19,20)21/h1-9H,(H,22,23,24)/b14-8-. The number of nitrogens with zero attached hydrogens (tertiary/aromatic N) is 1. The van der Waals surface area contributed by atoms with Crippen molar-refractivity contribution in [2.45, 2.75) is 6.18 Å². The van der Waals surface area contributed by atoms with Gasteiger partial charge in [-0.15, -0.1) is 0 Å². The molecule has 1 aliphatic heterocycles. The van der Waals surface area contributed by atoms with Crippen molar-refractivity contribution in [3.63, 3.8) is 0 Å². The van der Waals surface area contributed by atoms with Gasteiger partial charge in [0.05, 0.1) is 16.2 Å². The minimum atomic E-state index is -4.44. The van der Waals surface area contributed by atoms with E-state index in [0.717, 1.165) is 29.5 Å². The first kappa shape index (κ1) is 17.6. The van der Waals surface area contributed by atoms with E-state index in [1.807, 2.05) is 0 Å². The minimum absolute atomic E-state index is 0.116. The lowest BCUT2D eigenvalue weighted by atomic mass is 10.2. The molecule has 1 saturated heterocycles. The maximum Gasteiger partial charge on any atom is 0.416 e. The van der Waals surface area contributed by atoms with Gasteiger partial charge in [0.1, 0.15) is 0 Å². The highest BCUT2D eigenvalue weighted by molar-refractivity contribution is 8.18. The van der Waals surface area contributed by atoms with Crippen molar-refractivity contribution < 1.29 is 18.0 Å². The average molecular weight is 383 g/mol. The van der Waals surface area contributed by atoms with Crippen LogP contribution in [0, 0.1) is 0 Å². The lowest BCUT2D eigenvalue weighted by molar-refractivity contribution is -0.137. The van der Waals surface area contributed by atoms with Crippen LogP contribution in [0.2, 0.25) is 5.02 Å². The molecule has 0 saturated carbocycles. The molecule has 2 aromatic carbocycles. The number of amides is 1. The third kappa shape index (κ3) is 4.43. The normalized spacial score (nSPS) is 18.0. The van der Waals surface area contributed by atoms with Crippen LogP contribution in [0.1, 0.15) is 11.1 Å². The number of hydrogen-bond donors (Lipinski definition) is 1. The van der Waals surface area contributed by atoms with Crippen LogP contribution in [0.15, 0.2) is 58.4 Å². The molecule has 0 radical (unpaired) electrons. The van der Waals surface area contributed by atoms with Crippen LogP contribution in [0.5, 0.6) is 0 Å². The molecule has 1 N–H and O–H groups in total. The van der Waals surface area contributed by atoms with Crippen molar-refractivity contribution in [2.75, 3.05) is 0 Å². The highest BCUT2D eigenvalue weighted by atomic mass is 35.5. The summed E-state index contributed by atoms with van der Waals surface area (Å²) in [5.41, 5.74) is 0.105. The van der Waals surface area contributed by atoms with Gasteiger partial charge in [0.15, 0.2) is 5.17 Å². The van der Waals surface area contributed by atoms with Gasteiger partial charge in [-0.25, -0.2) is 4.99 Å². The number of alkyl halides is 3. The molecule has 1 amide bonds. The molecule has 25 heavy (non-hydrogen) atoms. The maximum absolute atomic E-state index is 12.7. The van der Waals surface area contributed by atoms with E-state index in [4.69, 9.17) is 11.6 Å². The van der Waals surface area contributed by atoms with Gasteiger partial charge in [-0.05, 0) is 53.7 Å². The molecule has 1 heterocycles. The van der Waals surface area contributed by atoms with Crippen molar-refractivity contribution >= 4 is 46.2 Å². The monoisotopic (exact) mass is 382 g/mol. The summed E-state index contributed by atoms with van der Waals surface area (Å²) >= 11 is 6.87. The number of thioether (sulfide) groups is 1. The van der Waals surface area contributed by atoms with Crippen molar-refractivity contribution in [3.8, 4) is 0 Å². The largest absolute Gasteiger partial charge is 0.416 e. The number of carbonyl (C=O) groups excluding carboxylic acids is 1. The molecule has 0 aliphatic carbocycles. The van der Waals surface area contributed by atoms with Crippen molar-refractivity contribution in [1.29, 1.82) is 0 Å². The first-order valence-electron chi connectivity index (χ1n) is 7.04. The molecule has 0 spiro atoms. The summed E-state index contributed by atoms with van der Waals surface area (Å²) in [5.74, 6) is -0.356. The highest BCUT2D eigenvalue weighted by Gasteiger charge is 2.30. The SMILES string of the molecule is O=C1NC(=Nc2cccc(C(F)(F)F)c2)S/C1=C\c1ccc(Cl)cc1. The molecule has 3 nitrogen and oxygen atoms in total. The number of aliphatic imine (C=N–C) groups is 1. The zero-order valence-electron chi connectivity index (χ0n) is 12.5. The second kappa shape index (κ2) is 6.93. The lowest BCUT2D eigenvalue weighted by Gasteiger charge is -2.06. The fraction of sp³-hybridized carbons (Fsp3) is 0.0588. The van der Waals surface area contributed by atoms with E-state index in [-0.39, 0.29) is 16.8 Å². The fourth-order valence-electron chi connectivity index (χ4n) is 2.06. The molecule has 128 valence electrons. The predicted molar refractivity (Wildman–Crippen MR) is 93.7 cm³/mol. The summed E-state index contributed by atoms with van der Waals surface area (Å²) in [6, 6.07) is 11.5. The van der Waals surface area contributed by atoms with Gasteiger partial charge in [-0.1, -0.05) is 29.8 Å². The molecule has 0 atom stereocenters. The third-order valence-electron chi connectivity index (χ3n) is 3.22. The fourth-order valence-corrected chi connectivity index (χ4v) is 3.03. The van der Waals surface area contributed by atoms with E-state index in [0.29, 0.717) is 9.93 Å². The smallest absolute Gasteiger partial charge is 0.300 e. The van der Waals surface area contributed by atoms with Gasteiger partial charge in [0.25, 0.3) is 5.91 Å². The summed E-state index contributed by atoms with van der Waals surface area (Å²) in [4.78, 5) is 16.5. The molecule has 8 heteroatoms. The Kier molecular flexibility index (Phi) is 4.87. The van der Waals surface area contributed by atoms with Crippen LogP contribution in [-0.2, 0) is 11.0 Å². The molecule has 3 rings (SSSR count). The Morgan fingerprint density at radius 2 is 1.84 bits per heavy atom. The molecule has 2 aromatic rings. The molecular formula is C17H10ClF3N2OS. The Bertz CT molecular complexity index is 876. The van der Waals surface area contributed by atoms with Gasteiger partial charge in [-0.2, -0.15) is 13.2 Å². The summed E-state index contributed by atoms with van der Waals surface area (Å²) in [7, 11) is 0. The Hall–Kier alpha value is -2.25. The summed E-state index contributed by atoms with van der Waals surface area (Å²) in [5, 5.41) is 3.35. The molecule has 0 aromatic heterocycles. The maximum atomic E-state index is 12.7. The zero-order chi connectivity index (χ0) is 18.0. The van der Waals surface area contributed by atoms with E-state index in [1.54, 1.807) is 30.3 Å². The molecule has 0 bridgehead atoms. The van der Waals surface area contributed by atoms with Crippen LogP contribution < -0.4 is 5.32 Å². The highest BCUT2D eigenvalue weighted by Crippen LogP contribution is 2.33. The number of amidine groups is 1. The Balaban J connectivity index is 1.82.